The van der Waals surface area contributed by atoms with Gasteiger partial charge in [-0.15, -0.1) is 0 Å². The summed E-state index contributed by atoms with van der Waals surface area (Å²) in [5.41, 5.74) is 2.07. The maximum absolute atomic E-state index is 12.1. The van der Waals surface area contributed by atoms with Crippen molar-refractivity contribution in [2.75, 3.05) is 20.2 Å². The van der Waals surface area contributed by atoms with Gasteiger partial charge in [0, 0.05) is 34.7 Å². The second-order valence-electron chi connectivity index (χ2n) is 4.54. The molecule has 1 amide bonds. The van der Waals surface area contributed by atoms with Gasteiger partial charge >= 0.3 is 0 Å². The minimum atomic E-state index is -0.0165. The molecule has 0 saturated carbocycles. The third kappa shape index (κ3) is 2.67. The van der Waals surface area contributed by atoms with Crippen LogP contribution in [0.5, 0.6) is 0 Å². The second-order valence-corrected chi connectivity index (χ2v) is 5.33. The number of fused-ring (bicyclic) bond motifs is 1. The lowest BCUT2D eigenvalue weighted by molar-refractivity contribution is -0.130. The zero-order valence-corrected chi connectivity index (χ0v) is 12.6. The van der Waals surface area contributed by atoms with Gasteiger partial charge in [-0.1, -0.05) is 18.2 Å². The van der Waals surface area contributed by atoms with Crippen molar-refractivity contribution in [3.63, 3.8) is 0 Å². The van der Waals surface area contributed by atoms with Gasteiger partial charge in [0.2, 0.25) is 5.91 Å². The van der Waals surface area contributed by atoms with Crippen LogP contribution < -0.4 is 0 Å². The third-order valence-corrected chi connectivity index (χ3v) is 4.31. The highest BCUT2D eigenvalue weighted by Gasteiger charge is 2.15. The average Bonchev–Trinajstić information content (AvgIpc) is 2.65. The van der Waals surface area contributed by atoms with E-state index in [9.17, 15) is 4.79 Å². The fraction of sp³-hybridized carbons (Fsp3) is 0.357. The lowest BCUT2D eigenvalue weighted by Crippen LogP contribution is -2.32. The Hall–Kier alpha value is -1.33. The second kappa shape index (κ2) is 5.75. The van der Waals surface area contributed by atoms with Gasteiger partial charge in [0.25, 0.3) is 0 Å². The molecule has 0 atom stereocenters. The summed E-state index contributed by atoms with van der Waals surface area (Å²) in [5, 5.41) is 9.98. The Bertz CT molecular complexity index is 607. The molecular formula is C14H17BrN2O2. The van der Waals surface area contributed by atoms with Gasteiger partial charge in [0.05, 0.1) is 6.61 Å². The Morgan fingerprint density at radius 1 is 1.42 bits per heavy atom. The molecule has 0 aliphatic rings. The molecule has 102 valence electrons. The molecular weight excluding hydrogens is 308 g/mol. The molecule has 0 aliphatic carbocycles. The molecule has 1 aromatic heterocycles. The van der Waals surface area contributed by atoms with Gasteiger partial charge in [-0.2, -0.15) is 0 Å². The summed E-state index contributed by atoms with van der Waals surface area (Å²) in [6.45, 7) is 2.62. The number of halogens is 1. The summed E-state index contributed by atoms with van der Waals surface area (Å²) in [6, 6.07) is 7.99. The van der Waals surface area contributed by atoms with Gasteiger partial charge in [-0.05, 0) is 28.9 Å². The van der Waals surface area contributed by atoms with Crippen molar-refractivity contribution in [2.24, 2.45) is 0 Å². The Labute approximate surface area is 120 Å². The average molecular weight is 325 g/mol. The predicted octanol–water partition coefficient (Wildman–Crippen LogP) is 2.16. The van der Waals surface area contributed by atoms with Crippen LogP contribution >= 0.6 is 15.9 Å². The molecule has 0 aliphatic heterocycles. The smallest absolute Gasteiger partial charge is 0.242 e. The predicted molar refractivity (Wildman–Crippen MR) is 79.1 cm³/mol. The Morgan fingerprint density at radius 3 is 2.79 bits per heavy atom. The van der Waals surface area contributed by atoms with Gasteiger partial charge in [-0.3, -0.25) is 4.79 Å². The number of para-hydroxylation sites is 1. The topological polar surface area (TPSA) is 45.5 Å². The number of hydrogen-bond acceptors (Lipinski definition) is 2. The van der Waals surface area contributed by atoms with E-state index in [1.54, 1.807) is 11.9 Å². The van der Waals surface area contributed by atoms with Crippen LogP contribution in [-0.4, -0.2) is 40.7 Å². The van der Waals surface area contributed by atoms with Crippen LogP contribution in [0.4, 0.5) is 0 Å². The summed E-state index contributed by atoms with van der Waals surface area (Å²) in [5.74, 6) is -0.00889. The molecule has 0 saturated heterocycles. The number of carbonyl (C=O) groups is 1. The van der Waals surface area contributed by atoms with E-state index in [0.717, 1.165) is 21.1 Å². The zero-order valence-electron chi connectivity index (χ0n) is 11.1. The number of amides is 1. The Balaban J connectivity index is 2.35. The van der Waals surface area contributed by atoms with Gasteiger partial charge in [0.15, 0.2) is 0 Å². The first-order valence-corrected chi connectivity index (χ1v) is 6.93. The molecule has 19 heavy (non-hydrogen) atoms. The Morgan fingerprint density at radius 2 is 2.11 bits per heavy atom. The molecule has 0 bridgehead atoms. The highest BCUT2D eigenvalue weighted by molar-refractivity contribution is 9.10. The highest BCUT2D eigenvalue weighted by atomic mass is 79.9. The van der Waals surface area contributed by atoms with E-state index >= 15 is 0 Å². The zero-order chi connectivity index (χ0) is 14.0. The van der Waals surface area contributed by atoms with E-state index in [4.69, 9.17) is 5.11 Å². The number of aliphatic hydroxyl groups excluding tert-OH is 1. The van der Waals surface area contributed by atoms with Crippen LogP contribution in [0.3, 0.4) is 0 Å². The fourth-order valence-corrected chi connectivity index (χ4v) is 2.67. The van der Waals surface area contributed by atoms with Crippen molar-refractivity contribution in [1.29, 1.82) is 0 Å². The maximum Gasteiger partial charge on any atom is 0.242 e. The molecule has 2 rings (SSSR count). The van der Waals surface area contributed by atoms with Crippen LogP contribution in [0.1, 0.15) is 5.69 Å². The van der Waals surface area contributed by atoms with Crippen molar-refractivity contribution in [1.82, 2.24) is 9.47 Å². The van der Waals surface area contributed by atoms with Crippen molar-refractivity contribution < 1.29 is 9.90 Å². The van der Waals surface area contributed by atoms with Crippen molar-refractivity contribution >= 4 is 32.7 Å². The SMILES string of the molecule is Cc1c(Br)c2ccccc2n1CC(=O)N(C)CCO. The number of rotatable bonds is 4. The summed E-state index contributed by atoms with van der Waals surface area (Å²) in [6.07, 6.45) is 0. The molecule has 1 heterocycles. The number of hydrogen-bond donors (Lipinski definition) is 1. The minimum absolute atomic E-state index is 0.00889. The standard InChI is InChI=1S/C14H17BrN2O2/c1-10-14(15)11-5-3-4-6-12(11)17(10)9-13(19)16(2)7-8-18/h3-6,18H,7-9H2,1-2H3. The first-order chi connectivity index (χ1) is 9.06. The quantitative estimate of drug-likeness (QED) is 0.936. The number of likely N-dealkylation sites (N-methyl/N-ethyl adjacent to an activating group) is 1. The van der Waals surface area contributed by atoms with E-state index in [1.165, 1.54) is 0 Å². The highest BCUT2D eigenvalue weighted by Crippen LogP contribution is 2.30. The fourth-order valence-electron chi connectivity index (χ4n) is 2.12. The van der Waals surface area contributed by atoms with E-state index in [1.807, 2.05) is 35.8 Å². The van der Waals surface area contributed by atoms with Gasteiger partial charge in [0.1, 0.15) is 6.54 Å². The summed E-state index contributed by atoms with van der Waals surface area (Å²) in [4.78, 5) is 13.6. The first-order valence-electron chi connectivity index (χ1n) is 6.14. The Kier molecular flexibility index (Phi) is 4.27. The minimum Gasteiger partial charge on any atom is -0.395 e. The normalized spacial score (nSPS) is 10.9. The van der Waals surface area contributed by atoms with Gasteiger partial charge in [-0.25, -0.2) is 0 Å². The monoisotopic (exact) mass is 324 g/mol. The molecule has 1 aromatic carbocycles. The van der Waals surface area contributed by atoms with E-state index in [-0.39, 0.29) is 19.1 Å². The van der Waals surface area contributed by atoms with E-state index in [0.29, 0.717) is 6.54 Å². The number of nitrogens with zero attached hydrogens (tertiary/aromatic N) is 2. The molecule has 0 spiro atoms. The van der Waals surface area contributed by atoms with Gasteiger partial charge < -0.3 is 14.6 Å². The molecule has 5 heteroatoms. The molecule has 1 N–H and O–H groups in total. The summed E-state index contributed by atoms with van der Waals surface area (Å²) in [7, 11) is 1.70. The third-order valence-electron chi connectivity index (χ3n) is 3.31. The molecule has 0 unspecified atom stereocenters. The van der Waals surface area contributed by atoms with E-state index in [2.05, 4.69) is 15.9 Å². The number of aromatic nitrogens is 1. The van der Waals surface area contributed by atoms with Crippen molar-refractivity contribution in [3.05, 3.63) is 34.4 Å². The largest absolute Gasteiger partial charge is 0.395 e. The van der Waals surface area contributed by atoms with Crippen molar-refractivity contribution in [2.45, 2.75) is 13.5 Å². The van der Waals surface area contributed by atoms with Crippen molar-refractivity contribution in [3.8, 4) is 0 Å². The van der Waals surface area contributed by atoms with Crippen LogP contribution in [-0.2, 0) is 11.3 Å². The molecule has 4 nitrogen and oxygen atoms in total. The lowest BCUT2D eigenvalue weighted by Gasteiger charge is -2.17. The maximum atomic E-state index is 12.1. The number of benzene rings is 1. The van der Waals surface area contributed by atoms with Crippen LogP contribution in [0.2, 0.25) is 0 Å². The lowest BCUT2D eigenvalue weighted by atomic mass is 10.2. The first kappa shape index (κ1) is 14.1. The molecule has 2 aromatic rings. The summed E-state index contributed by atoms with van der Waals surface area (Å²) < 4.78 is 3.02. The summed E-state index contributed by atoms with van der Waals surface area (Å²) >= 11 is 3.57. The molecule has 0 fully saturated rings. The van der Waals surface area contributed by atoms with E-state index < -0.39 is 0 Å². The van der Waals surface area contributed by atoms with Crippen LogP contribution in [0.25, 0.3) is 10.9 Å². The van der Waals surface area contributed by atoms with Crippen LogP contribution in [0, 0.1) is 6.92 Å². The number of carbonyl (C=O) groups excluding carboxylic acids is 1. The van der Waals surface area contributed by atoms with Crippen LogP contribution in [0.15, 0.2) is 28.7 Å². The molecule has 0 radical (unpaired) electrons. The number of aliphatic hydroxyl groups is 1.